The quantitative estimate of drug-likeness (QED) is 0.610. The lowest BCUT2D eigenvalue weighted by Gasteiger charge is -2.18. The van der Waals surface area contributed by atoms with E-state index in [1.165, 1.54) is 11.0 Å². The third-order valence-corrected chi connectivity index (χ3v) is 3.01. The van der Waals surface area contributed by atoms with Gasteiger partial charge in [-0.1, -0.05) is 6.07 Å². The van der Waals surface area contributed by atoms with Crippen LogP contribution in [0.25, 0.3) is 0 Å². The lowest BCUT2D eigenvalue weighted by Crippen LogP contribution is -2.34. The van der Waals surface area contributed by atoms with Crippen molar-refractivity contribution in [1.82, 2.24) is 0 Å². The Morgan fingerprint density at radius 3 is 2.76 bits per heavy atom. The molecule has 1 fully saturated rings. The third-order valence-electron chi connectivity index (χ3n) is 3.01. The molecule has 6 nitrogen and oxygen atoms in total. The number of nitrogens with two attached hydrogens (primary N) is 1. The van der Waals surface area contributed by atoms with Crippen molar-refractivity contribution in [2.45, 2.75) is 19.4 Å². The van der Waals surface area contributed by atoms with Crippen molar-refractivity contribution in [2.24, 2.45) is 5.73 Å². The maximum absolute atomic E-state index is 11.8. The van der Waals surface area contributed by atoms with Crippen molar-refractivity contribution in [2.75, 3.05) is 11.4 Å². The lowest BCUT2D eigenvalue weighted by molar-refractivity contribution is -0.385. The highest BCUT2D eigenvalue weighted by Gasteiger charge is 2.31. The van der Waals surface area contributed by atoms with E-state index in [1.807, 2.05) is 0 Å². The van der Waals surface area contributed by atoms with Gasteiger partial charge in [0.25, 0.3) is 5.69 Å². The summed E-state index contributed by atoms with van der Waals surface area (Å²) in [4.78, 5) is 23.7. The Morgan fingerprint density at radius 2 is 2.24 bits per heavy atom. The topological polar surface area (TPSA) is 89.5 Å². The van der Waals surface area contributed by atoms with Crippen LogP contribution in [-0.2, 0) is 4.79 Å². The van der Waals surface area contributed by atoms with Crippen LogP contribution in [0.3, 0.4) is 0 Å². The van der Waals surface area contributed by atoms with Crippen LogP contribution < -0.4 is 10.6 Å². The molecule has 6 heteroatoms. The number of hydrogen-bond donors (Lipinski definition) is 1. The molecule has 2 N–H and O–H groups in total. The van der Waals surface area contributed by atoms with E-state index in [2.05, 4.69) is 0 Å². The van der Waals surface area contributed by atoms with Crippen molar-refractivity contribution < 1.29 is 9.72 Å². The second kappa shape index (κ2) is 4.14. The molecule has 1 aliphatic rings. The Kier molecular flexibility index (Phi) is 2.81. The number of amides is 1. The average molecular weight is 235 g/mol. The maximum Gasteiger partial charge on any atom is 0.274 e. The maximum atomic E-state index is 11.8. The van der Waals surface area contributed by atoms with Crippen LogP contribution >= 0.6 is 0 Å². The molecule has 1 aromatic rings. The molecular weight excluding hydrogens is 222 g/mol. The highest BCUT2D eigenvalue weighted by atomic mass is 16.6. The van der Waals surface area contributed by atoms with E-state index in [4.69, 9.17) is 5.73 Å². The van der Waals surface area contributed by atoms with Gasteiger partial charge in [-0.15, -0.1) is 0 Å². The van der Waals surface area contributed by atoms with Gasteiger partial charge >= 0.3 is 0 Å². The van der Waals surface area contributed by atoms with Crippen molar-refractivity contribution >= 4 is 17.3 Å². The Balaban J connectivity index is 2.43. The first-order valence-corrected chi connectivity index (χ1v) is 5.33. The first kappa shape index (κ1) is 11.5. The SMILES string of the molecule is Cc1c(N2CCC(N)C2=O)cccc1[N+](=O)[O-]. The summed E-state index contributed by atoms with van der Waals surface area (Å²) in [7, 11) is 0. The number of rotatable bonds is 2. The fraction of sp³-hybridized carbons (Fsp3) is 0.364. The third kappa shape index (κ3) is 1.87. The molecule has 1 amide bonds. The van der Waals surface area contributed by atoms with Crippen LogP contribution in [0.5, 0.6) is 0 Å². The lowest BCUT2D eigenvalue weighted by atomic mass is 10.1. The van der Waals surface area contributed by atoms with E-state index in [9.17, 15) is 14.9 Å². The minimum absolute atomic E-state index is 0.0239. The summed E-state index contributed by atoms with van der Waals surface area (Å²) in [6.45, 7) is 2.16. The molecule has 1 atom stereocenters. The minimum Gasteiger partial charge on any atom is -0.320 e. The molecule has 0 saturated carbocycles. The number of nitro groups is 1. The largest absolute Gasteiger partial charge is 0.320 e. The van der Waals surface area contributed by atoms with Crippen molar-refractivity contribution in [3.05, 3.63) is 33.9 Å². The highest BCUT2D eigenvalue weighted by Crippen LogP contribution is 2.30. The molecule has 1 saturated heterocycles. The summed E-state index contributed by atoms with van der Waals surface area (Å²) >= 11 is 0. The Labute approximate surface area is 98.2 Å². The van der Waals surface area contributed by atoms with E-state index in [0.717, 1.165) is 0 Å². The van der Waals surface area contributed by atoms with Gasteiger partial charge in [0.05, 0.1) is 22.2 Å². The molecule has 1 unspecified atom stereocenters. The summed E-state index contributed by atoms with van der Waals surface area (Å²) in [6, 6.07) is 4.23. The van der Waals surface area contributed by atoms with Crippen LogP contribution in [0.1, 0.15) is 12.0 Å². The van der Waals surface area contributed by atoms with Gasteiger partial charge < -0.3 is 10.6 Å². The van der Waals surface area contributed by atoms with Crippen LogP contribution in [0, 0.1) is 17.0 Å². The Bertz CT molecular complexity index is 487. The van der Waals surface area contributed by atoms with Gasteiger partial charge in [0.1, 0.15) is 0 Å². The summed E-state index contributed by atoms with van der Waals surface area (Å²) in [5.74, 6) is -0.173. The monoisotopic (exact) mass is 235 g/mol. The Hall–Kier alpha value is -1.95. The molecule has 2 rings (SSSR count). The van der Waals surface area contributed by atoms with Gasteiger partial charge in [0.2, 0.25) is 5.91 Å². The highest BCUT2D eigenvalue weighted by molar-refractivity contribution is 6.00. The molecular formula is C11H13N3O3. The zero-order valence-electron chi connectivity index (χ0n) is 9.42. The molecule has 17 heavy (non-hydrogen) atoms. The number of benzene rings is 1. The molecule has 1 aliphatic heterocycles. The number of carbonyl (C=O) groups is 1. The molecule has 0 aromatic heterocycles. The van der Waals surface area contributed by atoms with Crippen molar-refractivity contribution in [1.29, 1.82) is 0 Å². The van der Waals surface area contributed by atoms with E-state index in [1.54, 1.807) is 19.1 Å². The smallest absolute Gasteiger partial charge is 0.274 e. The number of carbonyl (C=O) groups excluding carboxylic acids is 1. The normalized spacial score (nSPS) is 19.8. The zero-order chi connectivity index (χ0) is 12.6. The predicted molar refractivity (Wildman–Crippen MR) is 62.8 cm³/mol. The van der Waals surface area contributed by atoms with Gasteiger partial charge in [0.15, 0.2) is 0 Å². The summed E-state index contributed by atoms with van der Waals surface area (Å²) in [5.41, 5.74) is 6.73. The fourth-order valence-electron chi connectivity index (χ4n) is 2.04. The molecule has 0 aliphatic carbocycles. The Morgan fingerprint density at radius 1 is 1.53 bits per heavy atom. The number of nitrogens with zero attached hydrogens (tertiary/aromatic N) is 2. The van der Waals surface area contributed by atoms with Crippen LogP contribution in [0.15, 0.2) is 18.2 Å². The number of nitro benzene ring substituents is 1. The second-order valence-electron chi connectivity index (χ2n) is 4.06. The molecule has 1 heterocycles. The summed E-state index contributed by atoms with van der Waals surface area (Å²) < 4.78 is 0. The van der Waals surface area contributed by atoms with Crippen LogP contribution in [0.4, 0.5) is 11.4 Å². The fourth-order valence-corrected chi connectivity index (χ4v) is 2.04. The molecule has 0 bridgehead atoms. The minimum atomic E-state index is -0.492. The molecule has 0 radical (unpaired) electrons. The van der Waals surface area contributed by atoms with Gasteiger partial charge in [-0.05, 0) is 19.4 Å². The van der Waals surface area contributed by atoms with Crippen molar-refractivity contribution in [3.63, 3.8) is 0 Å². The van der Waals surface area contributed by atoms with E-state index < -0.39 is 11.0 Å². The van der Waals surface area contributed by atoms with Gasteiger partial charge in [-0.3, -0.25) is 14.9 Å². The molecule has 1 aromatic carbocycles. The van der Waals surface area contributed by atoms with Gasteiger partial charge in [-0.2, -0.15) is 0 Å². The van der Waals surface area contributed by atoms with Gasteiger partial charge in [0, 0.05) is 12.6 Å². The standard InChI is InChI=1S/C11H13N3O3/c1-7-9(3-2-4-10(7)14(16)17)13-6-5-8(12)11(13)15/h2-4,8H,5-6,12H2,1H3. The van der Waals surface area contributed by atoms with Gasteiger partial charge in [-0.25, -0.2) is 0 Å². The van der Waals surface area contributed by atoms with Crippen molar-refractivity contribution in [3.8, 4) is 0 Å². The predicted octanol–water partition coefficient (Wildman–Crippen LogP) is 0.967. The average Bonchev–Trinajstić information content (AvgIpc) is 2.60. The van der Waals surface area contributed by atoms with E-state index in [0.29, 0.717) is 24.2 Å². The van der Waals surface area contributed by atoms with E-state index >= 15 is 0 Å². The second-order valence-corrected chi connectivity index (χ2v) is 4.06. The number of anilines is 1. The van der Waals surface area contributed by atoms with Crippen LogP contribution in [-0.4, -0.2) is 23.4 Å². The zero-order valence-corrected chi connectivity index (χ0v) is 9.42. The first-order chi connectivity index (χ1) is 8.02. The van der Waals surface area contributed by atoms with Crippen LogP contribution in [0.2, 0.25) is 0 Å². The summed E-state index contributed by atoms with van der Waals surface area (Å²) in [5, 5.41) is 10.8. The molecule has 90 valence electrons. The number of hydrogen-bond acceptors (Lipinski definition) is 4. The molecule has 0 spiro atoms. The van der Waals surface area contributed by atoms with E-state index in [-0.39, 0.29) is 11.6 Å². The first-order valence-electron chi connectivity index (χ1n) is 5.33. The summed E-state index contributed by atoms with van der Waals surface area (Å²) in [6.07, 6.45) is 0.584.